The third-order valence-corrected chi connectivity index (χ3v) is 10.9. The van der Waals surface area contributed by atoms with Gasteiger partial charge in [0.05, 0.1) is 15.6 Å². The largest absolute Gasteiger partial charge is 0.344 e. The number of benzene rings is 4. The quantitative estimate of drug-likeness (QED) is 0.109. The van der Waals surface area contributed by atoms with Crippen molar-refractivity contribution in [3.63, 3.8) is 0 Å². The maximum atomic E-state index is 7.20. The molecule has 1 atom stereocenters. The van der Waals surface area contributed by atoms with Crippen LogP contribution in [0.1, 0.15) is 44.5 Å². The number of nitrogens with one attached hydrogen (secondary N) is 1. The molecule has 4 aromatic rings. The summed E-state index contributed by atoms with van der Waals surface area (Å²) in [6.07, 6.45) is 0. The summed E-state index contributed by atoms with van der Waals surface area (Å²) in [5, 5.41) is 4.55. The number of aryl methyl sites for hydroxylation is 6. The van der Waals surface area contributed by atoms with E-state index in [9.17, 15) is 0 Å². The predicted molar refractivity (Wildman–Crippen MR) is 196 cm³/mol. The Morgan fingerprint density at radius 3 is 1.46 bits per heavy atom. The van der Waals surface area contributed by atoms with Gasteiger partial charge in [0.25, 0.3) is 0 Å². The summed E-state index contributed by atoms with van der Waals surface area (Å²) in [6, 6.07) is 26.3. The number of halogens is 3. The first kappa shape index (κ1) is 33.1. The zero-order chi connectivity index (χ0) is 31.7. The van der Waals surface area contributed by atoms with E-state index < -0.39 is 0 Å². The summed E-state index contributed by atoms with van der Waals surface area (Å²) in [5.74, 6) is 1.09. The summed E-state index contributed by atoms with van der Waals surface area (Å²) < 4.78 is 0. The van der Waals surface area contributed by atoms with Gasteiger partial charge in [-0.15, -0.1) is 0 Å². The van der Waals surface area contributed by atoms with Crippen LogP contribution in [0.25, 0.3) is 16.7 Å². The molecule has 0 saturated carbocycles. The molecule has 0 aromatic heterocycles. The Kier molecular flexibility index (Phi) is 9.11. The maximum Gasteiger partial charge on any atom is 0.135 e. The third kappa shape index (κ3) is 5.28. The van der Waals surface area contributed by atoms with Gasteiger partial charge in [-0.05, 0) is 91.6 Å². The SMILES string of the molecule is Cc1cc(C)c(N2CCN(c3c(C)cc(C)cc3C)C2=C2NC(Cl)=C(Cl)C(=C3c4ccccc4-c4ccccc43)C2Br)c(C)c1.[Ru]. The normalized spacial score (nSPS) is 17.4. The van der Waals surface area contributed by atoms with Gasteiger partial charge in [-0.1, -0.05) is 123 Å². The number of allylic oxidation sites excluding steroid dienone is 2. The van der Waals surface area contributed by atoms with Gasteiger partial charge in [0.2, 0.25) is 0 Å². The molecule has 1 unspecified atom stereocenters. The number of rotatable bonds is 2. The molecule has 0 amide bonds. The molecular weight excluding hydrogens is 762 g/mol. The molecule has 0 radical (unpaired) electrons. The topological polar surface area (TPSA) is 18.5 Å². The zero-order valence-corrected chi connectivity index (χ0v) is 31.6. The van der Waals surface area contributed by atoms with Crippen LogP contribution in [0, 0.1) is 41.5 Å². The Labute approximate surface area is 303 Å². The van der Waals surface area contributed by atoms with E-state index in [2.05, 4.69) is 145 Å². The van der Waals surface area contributed by atoms with Crippen LogP contribution in [0.2, 0.25) is 0 Å². The molecule has 236 valence electrons. The third-order valence-electron chi connectivity index (χ3n) is 9.24. The van der Waals surface area contributed by atoms with Crippen molar-refractivity contribution in [2.75, 3.05) is 22.9 Å². The van der Waals surface area contributed by atoms with Gasteiger partial charge in [-0.2, -0.15) is 0 Å². The van der Waals surface area contributed by atoms with Crippen LogP contribution < -0.4 is 15.1 Å². The number of alkyl halides is 1. The van der Waals surface area contributed by atoms with Crippen molar-refractivity contribution in [2.24, 2.45) is 0 Å². The number of hydrogen-bond donors (Lipinski definition) is 1. The molecular formula is C39H36BrCl2N3Ru. The summed E-state index contributed by atoms with van der Waals surface area (Å²) >= 11 is 18.5. The van der Waals surface area contributed by atoms with Crippen LogP contribution >= 0.6 is 39.1 Å². The van der Waals surface area contributed by atoms with Crippen molar-refractivity contribution in [3.8, 4) is 11.1 Å². The molecule has 1 aliphatic carbocycles. The summed E-state index contributed by atoms with van der Waals surface area (Å²) in [4.78, 5) is 4.69. The molecule has 0 bridgehead atoms. The van der Waals surface area contributed by atoms with Crippen molar-refractivity contribution in [3.05, 3.63) is 145 Å². The van der Waals surface area contributed by atoms with Crippen LogP contribution in [0.4, 0.5) is 11.4 Å². The smallest absolute Gasteiger partial charge is 0.135 e. The average molecular weight is 799 g/mol. The molecule has 3 nitrogen and oxygen atoms in total. The average Bonchev–Trinajstić information content (AvgIpc) is 3.54. The van der Waals surface area contributed by atoms with E-state index in [0.29, 0.717) is 10.2 Å². The first-order chi connectivity index (χ1) is 21.6. The Morgan fingerprint density at radius 1 is 0.652 bits per heavy atom. The number of nitrogens with zero attached hydrogens (tertiary/aromatic N) is 2. The van der Waals surface area contributed by atoms with Crippen molar-refractivity contribution >= 4 is 56.1 Å². The Bertz CT molecular complexity index is 1850. The van der Waals surface area contributed by atoms with E-state index >= 15 is 0 Å². The second-order valence-electron chi connectivity index (χ2n) is 12.5. The van der Waals surface area contributed by atoms with Gasteiger partial charge in [-0.25, -0.2) is 0 Å². The molecule has 0 spiro atoms. The molecule has 1 N–H and O–H groups in total. The minimum absolute atomic E-state index is 0. The second kappa shape index (κ2) is 12.7. The second-order valence-corrected chi connectivity index (χ2v) is 14.2. The molecule has 1 saturated heterocycles. The van der Waals surface area contributed by atoms with Crippen LogP contribution in [-0.4, -0.2) is 17.9 Å². The standard InChI is InChI=1S/C39H36BrCl2N3.Ru/c1-21-17-23(3)36(24(4)18-21)44-15-16-45(37-25(5)19-22(2)20-26(37)6)39(44)35-33(40)32(34(41)38(42)43-35)31-29-13-9-7-11-27(29)28-12-8-10-14-30(28)31;/h7-14,17-20,33,43H,15-16H2,1-6H3;. The van der Waals surface area contributed by atoms with Crippen LogP contribution in [0.15, 0.2) is 100 Å². The first-order valence-electron chi connectivity index (χ1n) is 15.4. The molecule has 2 aliphatic heterocycles. The van der Waals surface area contributed by atoms with E-state index in [1.807, 2.05) is 0 Å². The monoisotopic (exact) mass is 797 g/mol. The predicted octanol–water partition coefficient (Wildman–Crippen LogP) is 10.5. The zero-order valence-electron chi connectivity index (χ0n) is 26.8. The Balaban J connectivity index is 0.00000372. The van der Waals surface area contributed by atoms with Gasteiger partial charge in [0.1, 0.15) is 11.0 Å². The van der Waals surface area contributed by atoms with Crippen LogP contribution in [0.3, 0.4) is 0 Å². The number of fused-ring (bicyclic) bond motifs is 3. The fraction of sp³-hybridized carbons (Fsp3) is 0.231. The van der Waals surface area contributed by atoms with Crippen molar-refractivity contribution < 1.29 is 19.5 Å². The number of hydrogen-bond acceptors (Lipinski definition) is 3. The first-order valence-corrected chi connectivity index (χ1v) is 17.1. The van der Waals surface area contributed by atoms with Gasteiger partial charge in [-0.3, -0.25) is 0 Å². The fourth-order valence-electron chi connectivity index (χ4n) is 7.80. The van der Waals surface area contributed by atoms with Gasteiger partial charge >= 0.3 is 0 Å². The number of anilines is 2. The Hall–Kier alpha value is -2.82. The van der Waals surface area contributed by atoms with Gasteiger partial charge in [0.15, 0.2) is 0 Å². The molecule has 3 aliphatic rings. The summed E-state index contributed by atoms with van der Waals surface area (Å²) in [6.45, 7) is 14.9. The molecule has 1 fully saturated rings. The summed E-state index contributed by atoms with van der Waals surface area (Å²) in [5.41, 5.74) is 17.8. The van der Waals surface area contributed by atoms with Gasteiger partial charge < -0.3 is 15.1 Å². The van der Waals surface area contributed by atoms with E-state index in [1.54, 1.807) is 0 Å². The minimum Gasteiger partial charge on any atom is -0.344 e. The molecule has 7 heteroatoms. The van der Waals surface area contributed by atoms with Crippen LogP contribution in [-0.2, 0) is 19.5 Å². The van der Waals surface area contributed by atoms with Crippen molar-refractivity contribution in [1.82, 2.24) is 5.32 Å². The molecule has 2 heterocycles. The molecule has 7 rings (SSSR count). The van der Waals surface area contributed by atoms with E-state index in [-0.39, 0.29) is 24.3 Å². The van der Waals surface area contributed by atoms with Crippen molar-refractivity contribution in [2.45, 2.75) is 46.4 Å². The molecule has 4 aromatic carbocycles. The minimum atomic E-state index is -0.253. The summed E-state index contributed by atoms with van der Waals surface area (Å²) in [7, 11) is 0. The van der Waals surface area contributed by atoms with Crippen LogP contribution in [0.5, 0.6) is 0 Å². The fourth-order valence-corrected chi connectivity index (χ4v) is 9.17. The van der Waals surface area contributed by atoms with Crippen molar-refractivity contribution in [1.29, 1.82) is 0 Å². The van der Waals surface area contributed by atoms with Gasteiger partial charge in [0, 0.05) is 49.5 Å². The maximum absolute atomic E-state index is 7.20. The van der Waals surface area contributed by atoms with E-state index in [0.717, 1.165) is 35.8 Å². The Morgan fingerprint density at radius 2 is 1.04 bits per heavy atom. The molecule has 46 heavy (non-hydrogen) atoms. The van der Waals surface area contributed by atoms with E-state index in [1.165, 1.54) is 67.0 Å². The van der Waals surface area contributed by atoms with E-state index in [4.69, 9.17) is 23.2 Å².